The van der Waals surface area contributed by atoms with E-state index in [0.717, 1.165) is 0 Å². The first-order chi connectivity index (χ1) is 10.8. The third-order valence-corrected chi connectivity index (χ3v) is 4.80. The average molecular weight is 364 g/mol. The van der Waals surface area contributed by atoms with Crippen molar-refractivity contribution in [3.8, 4) is 0 Å². The van der Waals surface area contributed by atoms with E-state index >= 15 is 0 Å². The minimum absolute atomic E-state index is 0.240. The lowest BCUT2D eigenvalue weighted by molar-refractivity contribution is -0.187. The molecule has 6 nitrogen and oxygen atoms in total. The lowest BCUT2D eigenvalue weighted by Gasteiger charge is -2.41. The van der Waals surface area contributed by atoms with Gasteiger partial charge in [-0.3, -0.25) is 4.79 Å². The Morgan fingerprint density at radius 3 is 2.35 bits per heavy atom. The normalized spacial score (nSPS) is 31.0. The molecule has 8 heteroatoms. The largest absolute Gasteiger partial charge is 0.394 e. The molecule has 2 unspecified atom stereocenters. The zero-order valence-electron chi connectivity index (χ0n) is 12.7. The number of carbonyl (C=O) groups excluding carboxylic acids is 1. The van der Waals surface area contributed by atoms with E-state index in [0.29, 0.717) is 15.6 Å². The molecule has 23 heavy (non-hydrogen) atoms. The minimum atomic E-state index is -1.30. The van der Waals surface area contributed by atoms with E-state index in [1.54, 1.807) is 13.8 Å². The number of amides is 1. The average Bonchev–Trinajstić information content (AvgIpc) is 2.51. The molecule has 1 fully saturated rings. The molecule has 1 aromatic carbocycles. The second kappa shape index (κ2) is 7.34. The van der Waals surface area contributed by atoms with E-state index in [4.69, 9.17) is 33.0 Å². The van der Waals surface area contributed by atoms with Crippen LogP contribution in [0.25, 0.3) is 0 Å². The zero-order chi connectivity index (χ0) is 17.3. The van der Waals surface area contributed by atoms with Crippen molar-refractivity contribution in [1.29, 1.82) is 0 Å². The van der Waals surface area contributed by atoms with Crippen LogP contribution in [0.5, 0.6) is 0 Å². The van der Waals surface area contributed by atoms with Gasteiger partial charge in [0.25, 0.3) is 5.91 Å². The van der Waals surface area contributed by atoms with Gasteiger partial charge in [0.2, 0.25) is 0 Å². The number of hydrogen-bond acceptors (Lipinski definition) is 5. The fourth-order valence-corrected chi connectivity index (χ4v) is 3.00. The number of rotatable bonds is 3. The molecule has 0 aliphatic carbocycles. The van der Waals surface area contributed by atoms with Crippen LogP contribution in [0.1, 0.15) is 22.8 Å². The van der Waals surface area contributed by atoms with Crippen molar-refractivity contribution in [2.24, 2.45) is 0 Å². The molecule has 1 heterocycles. The highest BCUT2D eigenvalue weighted by Gasteiger charge is 2.43. The summed E-state index contributed by atoms with van der Waals surface area (Å²) >= 11 is 12.0. The highest BCUT2D eigenvalue weighted by atomic mass is 35.5. The number of nitrogens with one attached hydrogen (secondary N) is 1. The molecule has 0 aromatic heterocycles. The van der Waals surface area contributed by atoms with Crippen molar-refractivity contribution in [2.75, 3.05) is 6.61 Å². The van der Waals surface area contributed by atoms with Gasteiger partial charge in [-0.05, 0) is 31.5 Å². The molecule has 2 rings (SSSR count). The van der Waals surface area contributed by atoms with Crippen LogP contribution in [0.3, 0.4) is 0 Å². The molecule has 1 aliphatic rings. The molecule has 4 N–H and O–H groups in total. The summed E-state index contributed by atoms with van der Waals surface area (Å²) in [4.78, 5) is 12.4. The topological polar surface area (TPSA) is 99.0 Å². The Kier molecular flexibility index (Phi) is 5.89. The van der Waals surface area contributed by atoms with Gasteiger partial charge in [-0.15, -0.1) is 0 Å². The van der Waals surface area contributed by atoms with Crippen LogP contribution >= 0.6 is 23.2 Å². The van der Waals surface area contributed by atoms with E-state index < -0.39 is 43.0 Å². The summed E-state index contributed by atoms with van der Waals surface area (Å²) in [6.07, 6.45) is -4.05. The van der Waals surface area contributed by atoms with Crippen LogP contribution in [-0.4, -0.2) is 58.3 Å². The number of halogens is 2. The maximum absolute atomic E-state index is 12.4. The van der Waals surface area contributed by atoms with Crippen molar-refractivity contribution < 1.29 is 24.9 Å². The SMILES string of the molecule is Cc1c(Cl)cc(C(=O)NC2[C@@H](O)[C@@H](O)C(CO)O[C@@H]2C)cc1Cl. The number of aliphatic hydroxyl groups is 3. The van der Waals surface area contributed by atoms with Crippen molar-refractivity contribution in [1.82, 2.24) is 5.32 Å². The number of ether oxygens (including phenoxy) is 1. The molecule has 0 radical (unpaired) electrons. The van der Waals surface area contributed by atoms with Gasteiger partial charge in [0.1, 0.15) is 18.3 Å². The Labute approximate surface area is 144 Å². The van der Waals surface area contributed by atoms with Gasteiger partial charge in [0, 0.05) is 15.6 Å². The first-order valence-electron chi connectivity index (χ1n) is 7.15. The van der Waals surface area contributed by atoms with E-state index in [-0.39, 0.29) is 5.56 Å². The molecule has 5 atom stereocenters. The van der Waals surface area contributed by atoms with E-state index in [9.17, 15) is 15.0 Å². The van der Waals surface area contributed by atoms with Gasteiger partial charge in [0.05, 0.1) is 18.8 Å². The molecule has 0 spiro atoms. The number of carbonyl (C=O) groups is 1. The standard InChI is InChI=1S/C15H19Cl2NO5/c1-6-9(16)3-8(4-10(6)17)15(22)18-12-7(2)23-11(5-19)13(20)14(12)21/h3-4,7,11-14,19-21H,5H2,1-2H3,(H,18,22)/t7-,11?,12?,13+,14-/m1/s1. The molecular formula is C15H19Cl2NO5. The third kappa shape index (κ3) is 3.79. The van der Waals surface area contributed by atoms with Gasteiger partial charge < -0.3 is 25.4 Å². The molecule has 128 valence electrons. The highest BCUT2D eigenvalue weighted by molar-refractivity contribution is 6.36. The summed E-state index contributed by atoms with van der Waals surface area (Å²) in [6.45, 7) is 2.95. The maximum atomic E-state index is 12.4. The van der Waals surface area contributed by atoms with Crippen molar-refractivity contribution in [3.05, 3.63) is 33.3 Å². The van der Waals surface area contributed by atoms with Gasteiger partial charge >= 0.3 is 0 Å². The molecule has 1 saturated heterocycles. The lowest BCUT2D eigenvalue weighted by Crippen LogP contribution is -2.63. The minimum Gasteiger partial charge on any atom is -0.394 e. The molecule has 1 amide bonds. The zero-order valence-corrected chi connectivity index (χ0v) is 14.2. The predicted molar refractivity (Wildman–Crippen MR) is 85.9 cm³/mol. The lowest BCUT2D eigenvalue weighted by atomic mass is 9.93. The van der Waals surface area contributed by atoms with Crippen LogP contribution in [0.2, 0.25) is 10.0 Å². The van der Waals surface area contributed by atoms with E-state index in [2.05, 4.69) is 5.32 Å². The van der Waals surface area contributed by atoms with Crippen LogP contribution in [0, 0.1) is 6.92 Å². The van der Waals surface area contributed by atoms with Crippen LogP contribution in [0.4, 0.5) is 0 Å². The van der Waals surface area contributed by atoms with Gasteiger partial charge in [-0.25, -0.2) is 0 Å². The summed E-state index contributed by atoms with van der Waals surface area (Å²) in [5, 5.41) is 32.5. The summed E-state index contributed by atoms with van der Waals surface area (Å²) in [6, 6.07) is 2.12. The van der Waals surface area contributed by atoms with Crippen molar-refractivity contribution in [3.63, 3.8) is 0 Å². The summed E-state index contributed by atoms with van der Waals surface area (Å²) in [7, 11) is 0. The summed E-state index contributed by atoms with van der Waals surface area (Å²) < 4.78 is 5.41. The second-order valence-electron chi connectivity index (χ2n) is 5.61. The summed E-state index contributed by atoms with van der Waals surface area (Å²) in [5.41, 5.74) is 0.907. The van der Waals surface area contributed by atoms with Gasteiger partial charge in [0.15, 0.2) is 0 Å². The fraction of sp³-hybridized carbons (Fsp3) is 0.533. The molecular weight excluding hydrogens is 345 g/mol. The Morgan fingerprint density at radius 2 is 1.83 bits per heavy atom. The first kappa shape index (κ1) is 18.4. The number of hydrogen-bond donors (Lipinski definition) is 4. The summed E-state index contributed by atoms with van der Waals surface area (Å²) in [5.74, 6) is -0.497. The Morgan fingerprint density at radius 1 is 1.26 bits per heavy atom. The van der Waals surface area contributed by atoms with E-state index in [1.807, 2.05) is 0 Å². The van der Waals surface area contributed by atoms with Crippen LogP contribution in [0.15, 0.2) is 12.1 Å². The molecule has 1 aliphatic heterocycles. The Hall–Kier alpha value is -0.890. The van der Waals surface area contributed by atoms with Crippen molar-refractivity contribution in [2.45, 2.75) is 44.3 Å². The quantitative estimate of drug-likeness (QED) is 0.639. The highest BCUT2D eigenvalue weighted by Crippen LogP contribution is 2.26. The fourth-order valence-electron chi connectivity index (χ4n) is 2.52. The van der Waals surface area contributed by atoms with Crippen molar-refractivity contribution >= 4 is 29.1 Å². The van der Waals surface area contributed by atoms with Gasteiger partial charge in [-0.2, -0.15) is 0 Å². The monoisotopic (exact) mass is 363 g/mol. The number of aliphatic hydroxyl groups excluding tert-OH is 3. The molecule has 0 bridgehead atoms. The Bertz CT molecular complexity index is 574. The maximum Gasteiger partial charge on any atom is 0.251 e. The third-order valence-electron chi connectivity index (χ3n) is 4.01. The predicted octanol–water partition coefficient (Wildman–Crippen LogP) is 0.902. The smallest absolute Gasteiger partial charge is 0.251 e. The van der Waals surface area contributed by atoms with Gasteiger partial charge in [-0.1, -0.05) is 23.2 Å². The van der Waals surface area contributed by atoms with Crippen LogP contribution in [-0.2, 0) is 4.74 Å². The van der Waals surface area contributed by atoms with Crippen LogP contribution < -0.4 is 5.32 Å². The molecule has 0 saturated carbocycles. The Balaban J connectivity index is 2.16. The first-order valence-corrected chi connectivity index (χ1v) is 7.90. The van der Waals surface area contributed by atoms with E-state index in [1.165, 1.54) is 12.1 Å². The second-order valence-corrected chi connectivity index (χ2v) is 6.42. The number of benzene rings is 1. The molecule has 1 aromatic rings.